The van der Waals surface area contributed by atoms with E-state index in [1.807, 2.05) is 0 Å². The van der Waals surface area contributed by atoms with Gasteiger partial charge in [0.2, 0.25) is 5.91 Å². The van der Waals surface area contributed by atoms with Gasteiger partial charge >= 0.3 is 0 Å². The molecule has 1 aromatic rings. The van der Waals surface area contributed by atoms with Gasteiger partial charge in [0.05, 0.1) is 4.75 Å². The van der Waals surface area contributed by atoms with Gasteiger partial charge in [-0.05, 0) is 51.3 Å². The van der Waals surface area contributed by atoms with Crippen molar-refractivity contribution in [1.82, 2.24) is 10.6 Å². The first-order valence-corrected chi connectivity index (χ1v) is 9.27. The van der Waals surface area contributed by atoms with Crippen molar-refractivity contribution >= 4 is 17.7 Å². The highest BCUT2D eigenvalue weighted by atomic mass is 32.2. The van der Waals surface area contributed by atoms with Gasteiger partial charge in [-0.3, -0.25) is 4.79 Å². The molecule has 1 amide bonds. The molecule has 2 N–H and O–H groups in total. The average molecular weight is 318 g/mol. The van der Waals surface area contributed by atoms with E-state index in [0.29, 0.717) is 6.04 Å². The number of aryl methyl sites for hydroxylation is 1. The highest BCUT2D eigenvalue weighted by molar-refractivity contribution is 8.01. The van der Waals surface area contributed by atoms with Crippen LogP contribution in [0.15, 0.2) is 29.2 Å². The smallest absolute Gasteiger partial charge is 0.236 e. The van der Waals surface area contributed by atoms with Crippen LogP contribution in [-0.4, -0.2) is 29.8 Å². The third-order valence-corrected chi connectivity index (χ3v) is 6.32. The molecule has 0 bridgehead atoms. The van der Waals surface area contributed by atoms with Crippen LogP contribution < -0.4 is 10.6 Å². The fraction of sp³-hybridized carbons (Fsp3) is 0.611. The van der Waals surface area contributed by atoms with E-state index in [1.54, 1.807) is 11.8 Å². The number of nitrogens with one attached hydrogen (secondary N) is 2. The lowest BCUT2D eigenvalue weighted by molar-refractivity contribution is -0.123. The standard InChI is InChI=1S/C18H26N2OS/c1-14-6-8-16(9-7-14)22-18(10-2-3-11-18)17(21)20-13-15-5-4-12-19-15/h6-9,15,19H,2-5,10-13H2,1H3,(H,20,21). The highest BCUT2D eigenvalue weighted by Crippen LogP contribution is 2.45. The molecule has 2 fully saturated rings. The van der Waals surface area contributed by atoms with Crippen LogP contribution >= 0.6 is 11.8 Å². The maximum atomic E-state index is 12.8. The van der Waals surface area contributed by atoms with Crippen molar-refractivity contribution in [3.63, 3.8) is 0 Å². The summed E-state index contributed by atoms with van der Waals surface area (Å²) in [6.45, 7) is 3.96. The van der Waals surface area contributed by atoms with Crippen LogP contribution in [0.3, 0.4) is 0 Å². The molecular formula is C18H26N2OS. The first-order chi connectivity index (χ1) is 10.7. The summed E-state index contributed by atoms with van der Waals surface area (Å²) in [7, 11) is 0. The lowest BCUT2D eigenvalue weighted by Crippen LogP contribution is -2.46. The summed E-state index contributed by atoms with van der Waals surface area (Å²) in [5.74, 6) is 0.240. The van der Waals surface area contributed by atoms with Crippen LogP contribution in [0.25, 0.3) is 0 Å². The second-order valence-corrected chi connectivity index (χ2v) is 8.08. The lowest BCUT2D eigenvalue weighted by atomic mass is 10.1. The Kier molecular flexibility index (Phi) is 5.09. The van der Waals surface area contributed by atoms with Crippen molar-refractivity contribution < 1.29 is 4.79 Å². The second-order valence-electron chi connectivity index (χ2n) is 6.62. The van der Waals surface area contributed by atoms with E-state index >= 15 is 0 Å². The van der Waals surface area contributed by atoms with E-state index in [-0.39, 0.29) is 10.7 Å². The molecule has 1 unspecified atom stereocenters. The minimum atomic E-state index is -0.256. The third kappa shape index (κ3) is 3.66. The zero-order chi connectivity index (χ0) is 15.4. The monoisotopic (exact) mass is 318 g/mol. The topological polar surface area (TPSA) is 41.1 Å². The Morgan fingerprint density at radius 1 is 1.27 bits per heavy atom. The van der Waals surface area contributed by atoms with Crippen LogP contribution in [0.4, 0.5) is 0 Å². The Hall–Kier alpha value is -1.00. The van der Waals surface area contributed by atoms with Gasteiger partial charge in [0.15, 0.2) is 0 Å². The number of hydrogen-bond donors (Lipinski definition) is 2. The van der Waals surface area contributed by atoms with E-state index < -0.39 is 0 Å². The largest absolute Gasteiger partial charge is 0.353 e. The molecule has 0 aromatic heterocycles. The maximum absolute atomic E-state index is 12.8. The Balaban J connectivity index is 1.64. The molecule has 22 heavy (non-hydrogen) atoms. The molecule has 3 nitrogen and oxygen atoms in total. The summed E-state index contributed by atoms with van der Waals surface area (Å²) in [6, 6.07) is 9.01. The fourth-order valence-corrected chi connectivity index (χ4v) is 4.84. The summed E-state index contributed by atoms with van der Waals surface area (Å²) in [5.41, 5.74) is 1.27. The molecule has 1 atom stereocenters. The molecule has 0 spiro atoms. The molecule has 3 rings (SSSR count). The summed E-state index contributed by atoms with van der Waals surface area (Å²) < 4.78 is -0.256. The van der Waals surface area contributed by atoms with Crippen molar-refractivity contribution in [1.29, 1.82) is 0 Å². The van der Waals surface area contributed by atoms with Gasteiger partial charge in [-0.2, -0.15) is 0 Å². The molecule has 120 valence electrons. The minimum absolute atomic E-state index is 0.240. The van der Waals surface area contributed by atoms with Crippen LogP contribution in [-0.2, 0) is 4.79 Å². The number of rotatable bonds is 5. The van der Waals surface area contributed by atoms with Crippen molar-refractivity contribution in [3.05, 3.63) is 29.8 Å². The molecule has 1 saturated heterocycles. The molecule has 1 saturated carbocycles. The number of carbonyl (C=O) groups excluding carboxylic acids is 1. The molecule has 1 aliphatic carbocycles. The highest BCUT2D eigenvalue weighted by Gasteiger charge is 2.42. The van der Waals surface area contributed by atoms with Crippen LogP contribution in [0.5, 0.6) is 0 Å². The number of amides is 1. The van der Waals surface area contributed by atoms with Gasteiger partial charge < -0.3 is 10.6 Å². The molecule has 1 aliphatic heterocycles. The quantitative estimate of drug-likeness (QED) is 0.875. The number of benzene rings is 1. The van der Waals surface area contributed by atoms with Gasteiger partial charge in [0, 0.05) is 17.5 Å². The maximum Gasteiger partial charge on any atom is 0.236 e. The van der Waals surface area contributed by atoms with E-state index in [4.69, 9.17) is 0 Å². The molecule has 1 heterocycles. The Morgan fingerprint density at radius 3 is 2.64 bits per heavy atom. The first kappa shape index (κ1) is 15.9. The first-order valence-electron chi connectivity index (χ1n) is 8.45. The summed E-state index contributed by atoms with van der Waals surface area (Å²) >= 11 is 1.77. The Bertz CT molecular complexity index is 502. The minimum Gasteiger partial charge on any atom is -0.353 e. The number of carbonyl (C=O) groups is 1. The summed E-state index contributed by atoms with van der Waals surface area (Å²) in [5, 5.41) is 6.67. The zero-order valence-electron chi connectivity index (χ0n) is 13.4. The Labute approximate surface area is 137 Å². The predicted octanol–water partition coefficient (Wildman–Crippen LogP) is 3.27. The molecule has 1 aromatic carbocycles. The van der Waals surface area contributed by atoms with Gasteiger partial charge in [0.25, 0.3) is 0 Å². The van der Waals surface area contributed by atoms with E-state index in [0.717, 1.165) is 38.8 Å². The zero-order valence-corrected chi connectivity index (χ0v) is 14.2. The molecule has 2 aliphatic rings. The van der Waals surface area contributed by atoms with Crippen LogP contribution in [0.2, 0.25) is 0 Å². The SMILES string of the molecule is Cc1ccc(SC2(C(=O)NCC3CCCN3)CCCC2)cc1. The van der Waals surface area contributed by atoms with Crippen LogP contribution in [0.1, 0.15) is 44.1 Å². The molecule has 0 radical (unpaired) electrons. The van der Waals surface area contributed by atoms with Gasteiger partial charge in [-0.25, -0.2) is 0 Å². The average Bonchev–Trinajstić information content (AvgIpc) is 3.19. The van der Waals surface area contributed by atoms with Gasteiger partial charge in [0.1, 0.15) is 0 Å². The fourth-order valence-electron chi connectivity index (χ4n) is 3.46. The van der Waals surface area contributed by atoms with Crippen molar-refractivity contribution in [2.24, 2.45) is 0 Å². The second kappa shape index (κ2) is 7.05. The summed E-state index contributed by atoms with van der Waals surface area (Å²) in [4.78, 5) is 14.0. The van der Waals surface area contributed by atoms with Crippen molar-refractivity contribution in [2.45, 2.75) is 61.1 Å². The number of hydrogen-bond acceptors (Lipinski definition) is 3. The third-order valence-electron chi connectivity index (χ3n) is 4.83. The van der Waals surface area contributed by atoms with Gasteiger partial charge in [-0.15, -0.1) is 11.8 Å². The van der Waals surface area contributed by atoms with Crippen molar-refractivity contribution in [2.75, 3.05) is 13.1 Å². The Morgan fingerprint density at radius 2 is 2.00 bits per heavy atom. The van der Waals surface area contributed by atoms with Crippen LogP contribution in [0, 0.1) is 6.92 Å². The van der Waals surface area contributed by atoms with E-state index in [2.05, 4.69) is 41.8 Å². The molecule has 4 heteroatoms. The van der Waals surface area contributed by atoms with E-state index in [1.165, 1.54) is 23.3 Å². The normalized spacial score (nSPS) is 23.6. The van der Waals surface area contributed by atoms with Gasteiger partial charge in [-0.1, -0.05) is 30.5 Å². The predicted molar refractivity (Wildman–Crippen MR) is 92.3 cm³/mol. The van der Waals surface area contributed by atoms with Crippen molar-refractivity contribution in [3.8, 4) is 0 Å². The number of thioether (sulfide) groups is 1. The van der Waals surface area contributed by atoms with E-state index in [9.17, 15) is 4.79 Å². The lowest BCUT2D eigenvalue weighted by Gasteiger charge is -2.28. The molecular weight excluding hydrogens is 292 g/mol. The summed E-state index contributed by atoms with van der Waals surface area (Å²) in [6.07, 6.45) is 6.72.